The van der Waals surface area contributed by atoms with Gasteiger partial charge in [-0.25, -0.2) is 8.78 Å². The molecule has 0 saturated carbocycles. The Labute approximate surface area is 184 Å². The van der Waals surface area contributed by atoms with Crippen molar-refractivity contribution in [1.82, 2.24) is 10.3 Å². The van der Waals surface area contributed by atoms with Crippen molar-refractivity contribution in [1.29, 1.82) is 0 Å². The predicted octanol–water partition coefficient (Wildman–Crippen LogP) is 3.67. The highest BCUT2D eigenvalue weighted by atomic mass is 35.5. The zero-order valence-corrected chi connectivity index (χ0v) is 17.7. The molecule has 0 radical (unpaired) electrons. The first-order valence-corrected chi connectivity index (χ1v) is 10.3. The number of aromatic nitrogens is 1. The van der Waals surface area contributed by atoms with Crippen molar-refractivity contribution in [2.45, 2.75) is 31.7 Å². The molecule has 5 nitrogen and oxygen atoms in total. The van der Waals surface area contributed by atoms with Gasteiger partial charge in [-0.2, -0.15) is 0 Å². The van der Waals surface area contributed by atoms with Gasteiger partial charge in [0.2, 0.25) is 5.91 Å². The number of amides is 1. The number of hydrogen-bond donors (Lipinski definition) is 3. The highest BCUT2D eigenvalue weighted by Gasteiger charge is 2.28. The van der Waals surface area contributed by atoms with Crippen LogP contribution in [-0.2, 0) is 19.3 Å². The minimum Gasteiger partial charge on any atom is -0.489 e. The smallest absolute Gasteiger partial charge is 0.249 e. The summed E-state index contributed by atoms with van der Waals surface area (Å²) in [6, 6.07) is 7.48. The Morgan fingerprint density at radius 3 is 2.84 bits per heavy atom. The van der Waals surface area contributed by atoms with E-state index in [4.69, 9.17) is 10.5 Å². The number of aryl methyl sites for hydroxylation is 1. The molecule has 1 amide bonds. The molecule has 0 spiro atoms. The van der Waals surface area contributed by atoms with Crippen LogP contribution in [0.4, 0.5) is 8.78 Å². The topological polar surface area (TPSA) is 80.1 Å². The van der Waals surface area contributed by atoms with Crippen LogP contribution in [0.5, 0.6) is 5.75 Å². The third kappa shape index (κ3) is 4.00. The van der Waals surface area contributed by atoms with Crippen LogP contribution in [-0.4, -0.2) is 30.1 Å². The number of ether oxygens (including phenoxy) is 1. The lowest BCUT2D eigenvalue weighted by molar-refractivity contribution is 0.0997. The molecule has 2 heterocycles. The fourth-order valence-corrected chi connectivity index (χ4v) is 4.78. The predicted molar refractivity (Wildman–Crippen MR) is 117 cm³/mol. The highest BCUT2D eigenvalue weighted by Crippen LogP contribution is 2.33. The zero-order chi connectivity index (χ0) is 20.8. The quantitative estimate of drug-likeness (QED) is 0.571. The van der Waals surface area contributed by atoms with E-state index in [1.165, 1.54) is 29.5 Å². The number of benzene rings is 2. The van der Waals surface area contributed by atoms with Crippen molar-refractivity contribution in [3.05, 3.63) is 64.4 Å². The fourth-order valence-electron chi connectivity index (χ4n) is 4.78. The van der Waals surface area contributed by atoms with E-state index in [0.29, 0.717) is 30.1 Å². The second kappa shape index (κ2) is 8.48. The number of primary amides is 1. The summed E-state index contributed by atoms with van der Waals surface area (Å²) in [4.78, 5) is 15.1. The second-order valence-electron chi connectivity index (χ2n) is 8.27. The van der Waals surface area contributed by atoms with Gasteiger partial charge in [-0.1, -0.05) is 0 Å². The molecule has 164 valence electrons. The van der Waals surface area contributed by atoms with Gasteiger partial charge in [0.15, 0.2) is 11.6 Å². The number of carbonyl (C=O) groups excluding carboxylic acids is 1. The van der Waals surface area contributed by atoms with E-state index in [0.717, 1.165) is 36.7 Å². The van der Waals surface area contributed by atoms with Crippen LogP contribution in [0.1, 0.15) is 33.6 Å². The van der Waals surface area contributed by atoms with Gasteiger partial charge in [0, 0.05) is 33.8 Å². The van der Waals surface area contributed by atoms with Crippen LogP contribution in [0.2, 0.25) is 0 Å². The standard InChI is InChI=1S/C23H23F2N3O2.ClH/c24-13-2-6-21-17(8-13)16-7-12(1-5-20(16)28-21)10-27-14-9-18-15(23(26)29)3-4-19(25)22(18)30-11-14;/h2-4,6,8,12,14,27-28H,1,5,7,9-11H2,(H2,26,29);1H/t12?,14-;/m1./s1. The number of hydrogen-bond acceptors (Lipinski definition) is 3. The Bertz CT molecular complexity index is 1150. The van der Waals surface area contributed by atoms with Crippen LogP contribution in [0, 0.1) is 17.6 Å². The molecule has 1 aliphatic carbocycles. The summed E-state index contributed by atoms with van der Waals surface area (Å²) in [5, 5.41) is 4.48. The summed E-state index contributed by atoms with van der Waals surface area (Å²) < 4.78 is 33.4. The average molecular weight is 448 g/mol. The lowest BCUT2D eigenvalue weighted by Crippen LogP contribution is -2.43. The first kappa shape index (κ1) is 21.6. The molecule has 2 atom stereocenters. The fraction of sp³-hybridized carbons (Fsp3) is 0.348. The van der Waals surface area contributed by atoms with Crippen LogP contribution in [0.25, 0.3) is 10.9 Å². The number of nitrogens with two attached hydrogens (primary N) is 1. The lowest BCUT2D eigenvalue weighted by atomic mass is 9.86. The van der Waals surface area contributed by atoms with E-state index < -0.39 is 11.7 Å². The van der Waals surface area contributed by atoms with Crippen molar-refractivity contribution >= 4 is 29.2 Å². The molecule has 1 aliphatic heterocycles. The van der Waals surface area contributed by atoms with Gasteiger partial charge >= 0.3 is 0 Å². The SMILES string of the molecule is Cl.NC(=O)c1ccc(F)c2c1C[C@@H](NCC1CCc3[nH]c4ccc(F)cc4c3C1)CO2. The number of H-pyrrole nitrogens is 1. The molecule has 0 fully saturated rings. The molecule has 1 aromatic heterocycles. The van der Waals surface area contributed by atoms with E-state index in [-0.39, 0.29) is 30.0 Å². The Balaban J connectivity index is 0.00000231. The third-order valence-electron chi connectivity index (χ3n) is 6.30. The maximum Gasteiger partial charge on any atom is 0.249 e. The summed E-state index contributed by atoms with van der Waals surface area (Å²) in [5.41, 5.74) is 9.66. The number of carbonyl (C=O) groups is 1. The number of fused-ring (bicyclic) bond motifs is 4. The largest absolute Gasteiger partial charge is 0.489 e. The average Bonchev–Trinajstić information content (AvgIpc) is 3.09. The van der Waals surface area contributed by atoms with Crippen LogP contribution < -0.4 is 15.8 Å². The van der Waals surface area contributed by atoms with Crippen molar-refractivity contribution in [2.24, 2.45) is 11.7 Å². The van der Waals surface area contributed by atoms with Gasteiger partial charge in [0.05, 0.1) is 0 Å². The van der Waals surface area contributed by atoms with Crippen molar-refractivity contribution < 1.29 is 18.3 Å². The van der Waals surface area contributed by atoms with E-state index in [2.05, 4.69) is 10.3 Å². The molecule has 4 N–H and O–H groups in total. The van der Waals surface area contributed by atoms with E-state index in [1.54, 1.807) is 12.1 Å². The molecule has 0 bridgehead atoms. The Kier molecular flexibility index (Phi) is 5.90. The molecule has 3 aromatic rings. The third-order valence-corrected chi connectivity index (χ3v) is 6.30. The van der Waals surface area contributed by atoms with Gasteiger partial charge in [-0.05, 0) is 74.0 Å². The van der Waals surface area contributed by atoms with Gasteiger partial charge in [0.25, 0.3) is 0 Å². The van der Waals surface area contributed by atoms with Gasteiger partial charge in [-0.15, -0.1) is 12.4 Å². The molecule has 0 saturated heterocycles. The molecule has 2 aromatic carbocycles. The van der Waals surface area contributed by atoms with Crippen molar-refractivity contribution in [3.63, 3.8) is 0 Å². The molecule has 1 unspecified atom stereocenters. The highest BCUT2D eigenvalue weighted by molar-refractivity contribution is 5.95. The number of rotatable bonds is 4. The molecule has 2 aliphatic rings. The van der Waals surface area contributed by atoms with Crippen molar-refractivity contribution in [3.8, 4) is 5.75 Å². The van der Waals surface area contributed by atoms with E-state index in [9.17, 15) is 13.6 Å². The monoisotopic (exact) mass is 447 g/mol. The summed E-state index contributed by atoms with van der Waals surface area (Å²) in [7, 11) is 0. The Morgan fingerprint density at radius 1 is 1.19 bits per heavy atom. The maximum atomic E-state index is 14.1. The summed E-state index contributed by atoms with van der Waals surface area (Å²) in [6.07, 6.45) is 3.32. The summed E-state index contributed by atoms with van der Waals surface area (Å²) in [6.45, 7) is 1.11. The summed E-state index contributed by atoms with van der Waals surface area (Å²) in [5.74, 6) is -0.737. The van der Waals surface area contributed by atoms with Crippen molar-refractivity contribution in [2.75, 3.05) is 13.2 Å². The van der Waals surface area contributed by atoms with Crippen LogP contribution >= 0.6 is 12.4 Å². The zero-order valence-electron chi connectivity index (χ0n) is 16.8. The number of aromatic amines is 1. The molecule has 31 heavy (non-hydrogen) atoms. The van der Waals surface area contributed by atoms with Gasteiger partial charge in [0.1, 0.15) is 12.4 Å². The molecule has 5 rings (SSSR count). The maximum absolute atomic E-state index is 14.1. The molecular weight excluding hydrogens is 424 g/mol. The number of halogens is 3. The normalized spacial score (nSPS) is 19.8. The number of nitrogens with one attached hydrogen (secondary N) is 2. The Morgan fingerprint density at radius 2 is 2.03 bits per heavy atom. The van der Waals surface area contributed by atoms with Gasteiger partial charge < -0.3 is 20.8 Å². The second-order valence-corrected chi connectivity index (χ2v) is 8.27. The Hall–Kier alpha value is -2.64. The minimum absolute atomic E-state index is 0. The molecular formula is C23H24ClF2N3O2. The summed E-state index contributed by atoms with van der Waals surface area (Å²) >= 11 is 0. The van der Waals surface area contributed by atoms with E-state index >= 15 is 0 Å². The first-order valence-electron chi connectivity index (χ1n) is 10.3. The lowest BCUT2D eigenvalue weighted by Gasteiger charge is -2.30. The minimum atomic E-state index is -0.582. The van der Waals surface area contributed by atoms with Crippen LogP contribution in [0.15, 0.2) is 30.3 Å². The van der Waals surface area contributed by atoms with Crippen LogP contribution in [0.3, 0.4) is 0 Å². The first-order chi connectivity index (χ1) is 14.5. The van der Waals surface area contributed by atoms with E-state index in [1.807, 2.05) is 0 Å². The van der Waals surface area contributed by atoms with Gasteiger partial charge in [-0.3, -0.25) is 4.79 Å². The molecule has 8 heteroatoms.